The fourth-order valence-corrected chi connectivity index (χ4v) is 2.42. The maximum absolute atomic E-state index is 11.8. The van der Waals surface area contributed by atoms with Gasteiger partial charge in [-0.3, -0.25) is 0 Å². The number of H-pyrrole nitrogens is 1. The Labute approximate surface area is 88.1 Å². The highest BCUT2D eigenvalue weighted by Gasteiger charge is 2.25. The molecule has 1 unspecified atom stereocenters. The Morgan fingerprint density at radius 3 is 2.79 bits per heavy atom. The number of sulfonamides is 1. The minimum absolute atomic E-state index is 0.0805. The monoisotopic (exact) mass is 237 g/mol. The molecule has 1 N–H and O–H groups in total. The van der Waals surface area contributed by atoms with E-state index in [4.69, 9.17) is 11.6 Å². The number of imidazole rings is 1. The average Bonchev–Trinajstić information content (AvgIpc) is 2.68. The third-order valence-corrected chi connectivity index (χ3v) is 4.32. The van der Waals surface area contributed by atoms with Crippen molar-refractivity contribution in [1.82, 2.24) is 14.3 Å². The summed E-state index contributed by atoms with van der Waals surface area (Å²) < 4.78 is 24.8. The van der Waals surface area contributed by atoms with Crippen LogP contribution < -0.4 is 0 Å². The first-order chi connectivity index (χ1) is 6.50. The van der Waals surface area contributed by atoms with Crippen LogP contribution >= 0.6 is 11.6 Å². The van der Waals surface area contributed by atoms with Crippen molar-refractivity contribution >= 4 is 21.6 Å². The van der Waals surface area contributed by atoms with Gasteiger partial charge in [0.15, 0.2) is 5.03 Å². The molecule has 0 amide bonds. The summed E-state index contributed by atoms with van der Waals surface area (Å²) in [7, 11) is -1.99. The number of nitrogens with zero attached hydrogens (tertiary/aromatic N) is 2. The highest BCUT2D eigenvalue weighted by molar-refractivity contribution is 7.89. The SMILES string of the molecule is CC(CCl)N(C)S(=O)(=O)c1cnc[nH]1. The minimum Gasteiger partial charge on any atom is -0.335 e. The molecule has 7 heteroatoms. The van der Waals surface area contributed by atoms with Crippen molar-refractivity contribution < 1.29 is 8.42 Å². The predicted molar refractivity (Wildman–Crippen MR) is 53.7 cm³/mol. The van der Waals surface area contributed by atoms with Gasteiger partial charge in [0.1, 0.15) is 0 Å². The molecule has 0 radical (unpaired) electrons. The van der Waals surface area contributed by atoms with Crippen molar-refractivity contribution in [3.8, 4) is 0 Å². The summed E-state index contributed by atoms with van der Waals surface area (Å²) in [6.07, 6.45) is 2.60. The topological polar surface area (TPSA) is 66.1 Å². The van der Waals surface area contributed by atoms with Gasteiger partial charge in [0.25, 0.3) is 10.0 Å². The lowest BCUT2D eigenvalue weighted by Gasteiger charge is -2.21. The van der Waals surface area contributed by atoms with E-state index < -0.39 is 10.0 Å². The summed E-state index contributed by atoms with van der Waals surface area (Å²) in [4.78, 5) is 6.22. The third kappa shape index (κ3) is 2.08. The van der Waals surface area contributed by atoms with Gasteiger partial charge < -0.3 is 4.98 Å². The Kier molecular flexibility index (Phi) is 3.52. The van der Waals surface area contributed by atoms with Crippen molar-refractivity contribution in [2.75, 3.05) is 12.9 Å². The van der Waals surface area contributed by atoms with E-state index in [1.807, 2.05) is 0 Å². The van der Waals surface area contributed by atoms with E-state index in [-0.39, 0.29) is 16.9 Å². The molecule has 0 aliphatic carbocycles. The molecule has 0 aliphatic rings. The number of aromatic nitrogens is 2. The maximum Gasteiger partial charge on any atom is 0.260 e. The van der Waals surface area contributed by atoms with Crippen molar-refractivity contribution in [1.29, 1.82) is 0 Å². The molecule has 1 heterocycles. The van der Waals surface area contributed by atoms with Crippen LogP contribution in [-0.4, -0.2) is 41.7 Å². The van der Waals surface area contributed by atoms with Gasteiger partial charge in [-0.1, -0.05) is 0 Å². The molecular weight excluding hydrogens is 226 g/mol. The van der Waals surface area contributed by atoms with Crippen molar-refractivity contribution in [2.24, 2.45) is 0 Å². The second kappa shape index (κ2) is 4.29. The molecule has 0 aromatic carbocycles. The van der Waals surface area contributed by atoms with E-state index in [1.54, 1.807) is 6.92 Å². The zero-order valence-electron chi connectivity index (χ0n) is 7.94. The van der Waals surface area contributed by atoms with Gasteiger partial charge in [-0.05, 0) is 6.92 Å². The van der Waals surface area contributed by atoms with Crippen molar-refractivity contribution in [2.45, 2.75) is 18.0 Å². The molecule has 14 heavy (non-hydrogen) atoms. The normalized spacial score (nSPS) is 14.6. The van der Waals surface area contributed by atoms with Crippen LogP contribution in [0.15, 0.2) is 17.6 Å². The van der Waals surface area contributed by atoms with Gasteiger partial charge in [-0.25, -0.2) is 13.4 Å². The largest absolute Gasteiger partial charge is 0.335 e. The van der Waals surface area contributed by atoms with E-state index in [0.29, 0.717) is 0 Å². The summed E-state index contributed by atoms with van der Waals surface area (Å²) in [5, 5.41) is 0.0805. The van der Waals surface area contributed by atoms with Gasteiger partial charge in [-0.2, -0.15) is 4.31 Å². The summed E-state index contributed by atoms with van der Waals surface area (Å²) in [5.41, 5.74) is 0. The van der Waals surface area contributed by atoms with Crippen LogP contribution in [0.25, 0.3) is 0 Å². The Morgan fingerprint density at radius 2 is 2.36 bits per heavy atom. The summed E-state index contributed by atoms with van der Waals surface area (Å²) >= 11 is 5.58. The molecule has 80 valence electrons. The maximum atomic E-state index is 11.8. The second-order valence-corrected chi connectivity index (χ2v) is 5.21. The molecule has 0 saturated heterocycles. The Bertz CT molecular complexity index is 376. The van der Waals surface area contributed by atoms with Crippen molar-refractivity contribution in [3.05, 3.63) is 12.5 Å². The first-order valence-corrected chi connectivity index (χ1v) is 6.00. The lowest BCUT2D eigenvalue weighted by atomic mass is 10.4. The van der Waals surface area contributed by atoms with Crippen LogP contribution in [0, 0.1) is 0 Å². The fraction of sp³-hybridized carbons (Fsp3) is 0.571. The molecule has 0 bridgehead atoms. The Hall–Kier alpha value is -0.590. The molecule has 5 nitrogen and oxygen atoms in total. The van der Waals surface area contributed by atoms with Crippen LogP contribution in [0.4, 0.5) is 0 Å². The first kappa shape index (κ1) is 11.5. The molecule has 1 rings (SSSR count). The molecule has 0 aliphatic heterocycles. The number of aromatic amines is 1. The number of halogens is 1. The van der Waals surface area contributed by atoms with Gasteiger partial charge >= 0.3 is 0 Å². The zero-order chi connectivity index (χ0) is 10.8. The van der Waals surface area contributed by atoms with Gasteiger partial charge in [0.05, 0.1) is 12.5 Å². The highest BCUT2D eigenvalue weighted by atomic mass is 35.5. The van der Waals surface area contributed by atoms with Gasteiger partial charge in [0, 0.05) is 19.0 Å². The molecule has 1 atom stereocenters. The smallest absolute Gasteiger partial charge is 0.260 e. The number of hydrogen-bond donors (Lipinski definition) is 1. The zero-order valence-corrected chi connectivity index (χ0v) is 9.51. The molecule has 0 saturated carbocycles. The van der Waals surface area contributed by atoms with E-state index >= 15 is 0 Å². The Morgan fingerprint density at radius 1 is 1.71 bits per heavy atom. The number of alkyl halides is 1. The molecular formula is C7H12ClN3O2S. The summed E-state index contributed by atoms with van der Waals surface area (Å²) in [6, 6.07) is -0.245. The van der Waals surface area contributed by atoms with E-state index in [2.05, 4.69) is 9.97 Å². The standard InChI is InChI=1S/C7H12ClN3O2S/c1-6(3-8)11(2)14(12,13)7-4-9-5-10-7/h4-6H,3H2,1-2H3,(H,9,10). The molecule has 0 spiro atoms. The van der Waals surface area contributed by atoms with Crippen LogP contribution in [-0.2, 0) is 10.0 Å². The summed E-state index contributed by atoms with van der Waals surface area (Å²) in [6.45, 7) is 1.74. The molecule has 1 aromatic rings. The highest BCUT2D eigenvalue weighted by Crippen LogP contribution is 2.13. The van der Waals surface area contributed by atoms with E-state index in [1.165, 1.54) is 23.9 Å². The van der Waals surface area contributed by atoms with E-state index in [0.717, 1.165) is 0 Å². The first-order valence-electron chi connectivity index (χ1n) is 4.02. The Balaban J connectivity index is 2.97. The quantitative estimate of drug-likeness (QED) is 0.783. The molecule has 1 aromatic heterocycles. The van der Waals surface area contributed by atoms with Gasteiger partial charge in [-0.15, -0.1) is 11.6 Å². The molecule has 0 fully saturated rings. The van der Waals surface area contributed by atoms with Crippen molar-refractivity contribution in [3.63, 3.8) is 0 Å². The van der Waals surface area contributed by atoms with Crippen LogP contribution in [0.2, 0.25) is 0 Å². The van der Waals surface area contributed by atoms with E-state index in [9.17, 15) is 8.42 Å². The lowest BCUT2D eigenvalue weighted by molar-refractivity contribution is 0.412. The fourth-order valence-electron chi connectivity index (χ4n) is 0.873. The summed E-state index contributed by atoms with van der Waals surface area (Å²) in [5.74, 6) is 0.254. The second-order valence-electron chi connectivity index (χ2n) is 2.94. The van der Waals surface area contributed by atoms with Crippen LogP contribution in [0.3, 0.4) is 0 Å². The number of hydrogen-bond acceptors (Lipinski definition) is 3. The number of nitrogens with one attached hydrogen (secondary N) is 1. The number of rotatable bonds is 4. The predicted octanol–water partition coefficient (Wildman–Crippen LogP) is 0.658. The van der Waals surface area contributed by atoms with Crippen LogP contribution in [0.1, 0.15) is 6.92 Å². The van der Waals surface area contributed by atoms with Crippen LogP contribution in [0.5, 0.6) is 0 Å². The minimum atomic E-state index is -3.48. The lowest BCUT2D eigenvalue weighted by Crippen LogP contribution is -2.36. The average molecular weight is 238 g/mol. The van der Waals surface area contributed by atoms with Gasteiger partial charge in [0.2, 0.25) is 0 Å². The third-order valence-electron chi connectivity index (χ3n) is 1.97.